The maximum Gasteiger partial charge on any atom is 0.238 e. The monoisotopic (exact) mass is 902 g/mol. The number of hydrogen-bond donors (Lipinski definition) is 1. The molecule has 5 aromatic carbocycles. The fourth-order valence-electron chi connectivity index (χ4n) is 10.4. The third kappa shape index (κ3) is 7.83. The standard InChI is InChI=1S/C54H50N2O11/c1-62-36-19-23-44(65-4)32(25-36)13-7-30-9-15-34(16-10-30)55-51(58)40-22-21-39-41(47(40)53(55)60)29-42-49(48(39)50-43(57)27-38(64-3)28-46(50)67-6)54(61)56(52(42)59)35-17-11-31(12-18-35)8-14-33-26-37(63-2)20-24-45(33)66-5/h7-21,23-28,40-42,47-49,57H,22,29H2,1-6H3/t40-,41+,42+,47-,48-,49+/m0/s1. The number of anilines is 2. The summed E-state index contributed by atoms with van der Waals surface area (Å²) in [7, 11) is 9.32. The van der Waals surface area contributed by atoms with Gasteiger partial charge in [-0.25, -0.2) is 0 Å². The van der Waals surface area contributed by atoms with E-state index in [9.17, 15) is 24.3 Å². The second-order valence-corrected chi connectivity index (χ2v) is 16.9. The normalized spacial score (nSPS) is 22.1. The molecule has 2 aliphatic carbocycles. The summed E-state index contributed by atoms with van der Waals surface area (Å²) in [4.78, 5) is 61.3. The van der Waals surface area contributed by atoms with Gasteiger partial charge in [0.1, 0.15) is 40.2 Å². The van der Waals surface area contributed by atoms with Gasteiger partial charge in [-0.05, 0) is 90.6 Å². The number of fused-ring (bicyclic) bond motifs is 4. The van der Waals surface area contributed by atoms with Crippen molar-refractivity contribution in [1.29, 1.82) is 0 Å². The van der Waals surface area contributed by atoms with Gasteiger partial charge in [-0.2, -0.15) is 0 Å². The number of amides is 4. The van der Waals surface area contributed by atoms with E-state index in [2.05, 4.69) is 0 Å². The Bertz CT molecular complexity index is 2870. The van der Waals surface area contributed by atoms with Crippen molar-refractivity contribution in [2.24, 2.45) is 29.6 Å². The van der Waals surface area contributed by atoms with Crippen LogP contribution in [0.4, 0.5) is 11.4 Å². The van der Waals surface area contributed by atoms with Crippen LogP contribution in [-0.2, 0) is 19.2 Å². The number of benzene rings is 5. The van der Waals surface area contributed by atoms with E-state index in [4.69, 9.17) is 28.4 Å². The van der Waals surface area contributed by atoms with E-state index in [1.165, 1.54) is 30.1 Å². The van der Waals surface area contributed by atoms with Gasteiger partial charge in [-0.3, -0.25) is 29.0 Å². The number of methoxy groups -OCH3 is 6. The minimum absolute atomic E-state index is 0.155. The molecule has 0 spiro atoms. The number of phenolic OH excluding ortho intramolecular Hbond substituents is 1. The largest absolute Gasteiger partial charge is 0.507 e. The SMILES string of the molecule is COc1ccc(OC)c(C=Cc2ccc(N3C(=O)[C@H]4[C@H](CC=C5[C@H]4C[C@H]4C(=O)N(c6ccc(C=Cc7cc(OC)ccc7OC)cc6)C(=O)[C@H]4[C@H]5c4c(O)cc(OC)cc4OC)C3=O)cc2)c1. The van der Waals surface area contributed by atoms with E-state index in [1.807, 2.05) is 91.0 Å². The van der Waals surface area contributed by atoms with Crippen LogP contribution >= 0.6 is 0 Å². The zero-order valence-electron chi connectivity index (χ0n) is 37.9. The average Bonchev–Trinajstić information content (AvgIpc) is 3.77. The first kappa shape index (κ1) is 44.4. The minimum atomic E-state index is -0.944. The molecule has 1 N–H and O–H groups in total. The predicted molar refractivity (Wildman–Crippen MR) is 254 cm³/mol. The number of phenols is 1. The molecule has 0 bridgehead atoms. The third-order valence-electron chi connectivity index (χ3n) is 13.6. The zero-order chi connectivity index (χ0) is 47.1. The third-order valence-corrected chi connectivity index (χ3v) is 13.6. The molecular weight excluding hydrogens is 853 g/mol. The maximum absolute atomic E-state index is 14.9. The summed E-state index contributed by atoms with van der Waals surface area (Å²) < 4.78 is 33.1. The lowest BCUT2D eigenvalue weighted by Crippen LogP contribution is -2.43. The Labute approximate surface area is 388 Å². The highest BCUT2D eigenvalue weighted by Gasteiger charge is 2.63. The number of ether oxygens (including phenoxy) is 6. The molecule has 3 fully saturated rings. The van der Waals surface area contributed by atoms with Crippen LogP contribution < -0.4 is 38.2 Å². The smallest absolute Gasteiger partial charge is 0.238 e. The van der Waals surface area contributed by atoms with Crippen molar-refractivity contribution < 1.29 is 52.7 Å². The van der Waals surface area contributed by atoms with Gasteiger partial charge < -0.3 is 33.5 Å². The van der Waals surface area contributed by atoms with Gasteiger partial charge in [0.15, 0.2) is 0 Å². The molecule has 67 heavy (non-hydrogen) atoms. The van der Waals surface area contributed by atoms with Gasteiger partial charge in [0.2, 0.25) is 23.6 Å². The van der Waals surface area contributed by atoms with E-state index in [0.29, 0.717) is 51.3 Å². The van der Waals surface area contributed by atoms with Crippen molar-refractivity contribution in [3.05, 3.63) is 137 Å². The van der Waals surface area contributed by atoms with E-state index in [1.54, 1.807) is 58.8 Å². The highest BCUT2D eigenvalue weighted by Crippen LogP contribution is 2.61. The van der Waals surface area contributed by atoms with E-state index < -0.39 is 47.3 Å². The Morgan fingerprint density at radius 2 is 0.985 bits per heavy atom. The number of aromatic hydroxyl groups is 1. The Morgan fingerprint density at radius 3 is 1.48 bits per heavy atom. The summed E-state index contributed by atoms with van der Waals surface area (Å²) in [6, 6.07) is 28.4. The lowest BCUT2D eigenvalue weighted by Gasteiger charge is -2.44. The highest BCUT2D eigenvalue weighted by molar-refractivity contribution is 6.24. The molecule has 13 heteroatoms. The number of rotatable bonds is 13. The number of carbonyl (C=O) groups excluding carboxylic acids is 4. The van der Waals surface area contributed by atoms with Gasteiger partial charge in [0.05, 0.1) is 77.7 Å². The summed E-state index contributed by atoms with van der Waals surface area (Å²) in [6.45, 7) is 0. The van der Waals surface area contributed by atoms with E-state index >= 15 is 0 Å². The van der Waals surface area contributed by atoms with Crippen molar-refractivity contribution >= 4 is 59.3 Å². The topological polar surface area (TPSA) is 150 Å². The molecule has 2 heterocycles. The Kier molecular flexibility index (Phi) is 12.1. The highest BCUT2D eigenvalue weighted by atomic mass is 16.5. The van der Waals surface area contributed by atoms with Crippen LogP contribution in [0.15, 0.2) is 109 Å². The molecular formula is C54H50N2O11. The quantitative estimate of drug-likeness (QED) is 0.0686. The lowest BCUT2D eigenvalue weighted by atomic mass is 9.57. The predicted octanol–water partition coefficient (Wildman–Crippen LogP) is 8.83. The zero-order valence-corrected chi connectivity index (χ0v) is 37.9. The molecule has 2 aliphatic heterocycles. The molecule has 4 amide bonds. The Balaban J connectivity index is 1.03. The minimum Gasteiger partial charge on any atom is -0.507 e. The number of allylic oxidation sites excluding steroid dienone is 2. The van der Waals surface area contributed by atoms with Crippen LogP contribution in [0.3, 0.4) is 0 Å². The van der Waals surface area contributed by atoms with Crippen LogP contribution in [0.2, 0.25) is 0 Å². The van der Waals surface area contributed by atoms with Crippen molar-refractivity contribution in [3.8, 4) is 40.2 Å². The summed E-state index contributed by atoms with van der Waals surface area (Å²) in [5, 5.41) is 11.7. The summed E-state index contributed by atoms with van der Waals surface area (Å²) >= 11 is 0. The number of nitrogens with zero attached hydrogens (tertiary/aromatic N) is 2. The second-order valence-electron chi connectivity index (χ2n) is 16.9. The van der Waals surface area contributed by atoms with Gasteiger partial charge in [-0.1, -0.05) is 60.2 Å². The molecule has 5 aromatic rings. The number of imide groups is 2. The molecule has 1 saturated carbocycles. The van der Waals surface area contributed by atoms with E-state index in [0.717, 1.165) is 22.3 Å². The molecule has 0 unspecified atom stereocenters. The summed E-state index contributed by atoms with van der Waals surface area (Å²) in [5.74, 6) is -3.21. The van der Waals surface area contributed by atoms with Crippen LogP contribution in [0, 0.1) is 29.6 Å². The van der Waals surface area contributed by atoms with Crippen LogP contribution in [0.5, 0.6) is 40.2 Å². The van der Waals surface area contributed by atoms with Crippen molar-refractivity contribution in [1.82, 2.24) is 0 Å². The van der Waals surface area contributed by atoms with Gasteiger partial charge in [0, 0.05) is 34.7 Å². The lowest BCUT2D eigenvalue weighted by molar-refractivity contribution is -0.126. The molecule has 6 atom stereocenters. The Hall–Kier alpha value is -7.80. The van der Waals surface area contributed by atoms with Crippen LogP contribution in [0.1, 0.15) is 46.6 Å². The molecule has 13 nitrogen and oxygen atoms in total. The van der Waals surface area contributed by atoms with Gasteiger partial charge in [0.25, 0.3) is 0 Å². The van der Waals surface area contributed by atoms with Crippen LogP contribution in [-0.4, -0.2) is 71.4 Å². The van der Waals surface area contributed by atoms with E-state index in [-0.39, 0.29) is 36.2 Å². The first-order valence-corrected chi connectivity index (χ1v) is 21.9. The number of hydrogen-bond acceptors (Lipinski definition) is 11. The Morgan fingerprint density at radius 1 is 0.493 bits per heavy atom. The molecule has 0 radical (unpaired) electrons. The van der Waals surface area contributed by atoms with Crippen LogP contribution in [0.25, 0.3) is 24.3 Å². The molecule has 2 saturated heterocycles. The first-order chi connectivity index (χ1) is 32.5. The van der Waals surface area contributed by atoms with Gasteiger partial charge in [-0.15, -0.1) is 0 Å². The first-order valence-electron chi connectivity index (χ1n) is 21.9. The van der Waals surface area contributed by atoms with Gasteiger partial charge >= 0.3 is 0 Å². The fourth-order valence-corrected chi connectivity index (χ4v) is 10.4. The molecule has 342 valence electrons. The summed E-state index contributed by atoms with van der Waals surface area (Å²) in [6.07, 6.45) is 9.92. The maximum atomic E-state index is 14.9. The average molecular weight is 903 g/mol. The number of carbonyl (C=O) groups is 4. The molecule has 4 aliphatic rings. The second kappa shape index (κ2) is 18.2. The van der Waals surface area contributed by atoms with Crippen molar-refractivity contribution in [2.45, 2.75) is 18.8 Å². The van der Waals surface area contributed by atoms with Crippen molar-refractivity contribution in [2.75, 3.05) is 52.5 Å². The summed E-state index contributed by atoms with van der Waals surface area (Å²) in [5.41, 5.74) is 5.11. The van der Waals surface area contributed by atoms with Crippen molar-refractivity contribution in [3.63, 3.8) is 0 Å². The fraction of sp³-hybridized carbons (Fsp3) is 0.259. The molecule has 9 rings (SSSR count). The molecule has 0 aromatic heterocycles.